The van der Waals surface area contributed by atoms with Crippen LogP contribution in [-0.4, -0.2) is 16.2 Å². The fraction of sp³-hybridized carbons (Fsp3) is 0.333. The third-order valence-corrected chi connectivity index (χ3v) is 4.45. The lowest BCUT2D eigenvalue weighted by atomic mass is 9.99. The van der Waals surface area contributed by atoms with Gasteiger partial charge in [-0.3, -0.25) is 0 Å². The summed E-state index contributed by atoms with van der Waals surface area (Å²) in [5, 5.41) is 32.0. The maximum atomic E-state index is 11.6. The zero-order valence-corrected chi connectivity index (χ0v) is 12.8. The van der Waals surface area contributed by atoms with Crippen LogP contribution in [0.1, 0.15) is 42.2 Å². The molecular formula is C18H19NO4. The Hall–Kier alpha value is -2.24. The highest BCUT2D eigenvalue weighted by Crippen LogP contribution is 2.42. The van der Waals surface area contributed by atoms with Gasteiger partial charge in [0.15, 0.2) is 12.4 Å². The Morgan fingerprint density at radius 1 is 1.39 bits per heavy atom. The van der Waals surface area contributed by atoms with E-state index >= 15 is 0 Å². The first-order valence-electron chi connectivity index (χ1n) is 7.59. The minimum atomic E-state index is -1.18. The largest absolute Gasteiger partial charge is 0.543 e. The molecule has 120 valence electrons. The molecule has 0 bridgehead atoms. The van der Waals surface area contributed by atoms with Crippen LogP contribution in [0.2, 0.25) is 0 Å². The fourth-order valence-electron chi connectivity index (χ4n) is 3.20. The van der Waals surface area contributed by atoms with E-state index in [1.165, 1.54) is 4.57 Å². The molecule has 0 amide bonds. The van der Waals surface area contributed by atoms with Gasteiger partial charge in [-0.15, -0.1) is 0 Å². The maximum Gasteiger partial charge on any atom is 0.201 e. The molecule has 1 aromatic heterocycles. The summed E-state index contributed by atoms with van der Waals surface area (Å²) in [6.07, 6.45) is 2.99. The van der Waals surface area contributed by atoms with E-state index in [9.17, 15) is 20.1 Å². The summed E-state index contributed by atoms with van der Waals surface area (Å²) < 4.78 is 1.54. The number of carbonyl (C=O) groups is 1. The van der Waals surface area contributed by atoms with Crippen molar-refractivity contribution in [2.24, 2.45) is 0 Å². The van der Waals surface area contributed by atoms with Crippen LogP contribution >= 0.6 is 0 Å². The van der Waals surface area contributed by atoms with Gasteiger partial charge in [0.25, 0.3) is 0 Å². The van der Waals surface area contributed by atoms with Crippen LogP contribution in [0.5, 0.6) is 0 Å². The summed E-state index contributed by atoms with van der Waals surface area (Å²) in [4.78, 5) is 11.6. The van der Waals surface area contributed by atoms with Gasteiger partial charge >= 0.3 is 0 Å². The molecule has 0 spiro atoms. The molecule has 1 heterocycles. The number of nitrogens with zero attached hydrogens (tertiary/aromatic N) is 1. The van der Waals surface area contributed by atoms with Gasteiger partial charge in [-0.25, -0.2) is 0 Å². The molecule has 0 radical (unpaired) electrons. The zero-order valence-electron chi connectivity index (χ0n) is 12.8. The van der Waals surface area contributed by atoms with Crippen molar-refractivity contribution in [3.63, 3.8) is 0 Å². The lowest BCUT2D eigenvalue weighted by molar-refractivity contribution is -0.716. The van der Waals surface area contributed by atoms with E-state index in [1.807, 2.05) is 30.3 Å². The van der Waals surface area contributed by atoms with E-state index in [1.54, 1.807) is 25.4 Å². The first kappa shape index (κ1) is 15.6. The van der Waals surface area contributed by atoms with Crippen LogP contribution < -0.4 is 9.67 Å². The summed E-state index contributed by atoms with van der Waals surface area (Å²) in [5.74, 6) is -1.18. The number of hydrogen-bond donors (Lipinski definition) is 2. The summed E-state index contributed by atoms with van der Waals surface area (Å²) in [6.45, 7) is 1.62. The van der Waals surface area contributed by atoms with Crippen molar-refractivity contribution in [3.05, 3.63) is 65.5 Å². The third kappa shape index (κ3) is 2.98. The van der Waals surface area contributed by atoms with Gasteiger partial charge in [0, 0.05) is 18.9 Å². The van der Waals surface area contributed by atoms with Gasteiger partial charge in [0.05, 0.1) is 17.3 Å². The molecule has 5 nitrogen and oxygen atoms in total. The number of aromatic nitrogens is 1. The van der Waals surface area contributed by atoms with Gasteiger partial charge in [-0.2, -0.15) is 4.57 Å². The lowest BCUT2D eigenvalue weighted by Crippen LogP contribution is -2.50. The average molecular weight is 313 g/mol. The molecule has 0 aliphatic heterocycles. The predicted octanol–water partition coefficient (Wildman–Crippen LogP) is 0.152. The van der Waals surface area contributed by atoms with Crippen molar-refractivity contribution in [1.82, 2.24) is 0 Å². The Balaban J connectivity index is 1.97. The topological polar surface area (TPSA) is 84.5 Å². The standard InChI is InChI=1S/C18H19NO4/c1-18(23)10-16(20)13-7-8-19(11-14(13)18)15(17(21)22)9-12-5-3-2-4-6-12/h2-8,11,15-16,20,23H,9-10H2,1H3/t15-,16-,18+/m1/s1. The van der Waals surface area contributed by atoms with Crippen LogP contribution in [-0.2, 0) is 16.8 Å². The second-order valence-electron chi connectivity index (χ2n) is 6.28. The summed E-state index contributed by atoms with van der Waals surface area (Å²) >= 11 is 0. The van der Waals surface area contributed by atoms with E-state index in [0.717, 1.165) is 5.56 Å². The van der Waals surface area contributed by atoms with Gasteiger partial charge in [0.2, 0.25) is 6.04 Å². The van der Waals surface area contributed by atoms with Crippen molar-refractivity contribution >= 4 is 5.97 Å². The minimum absolute atomic E-state index is 0.209. The lowest BCUT2D eigenvalue weighted by Gasteiger charge is -2.18. The van der Waals surface area contributed by atoms with Crippen LogP contribution in [0.4, 0.5) is 0 Å². The van der Waals surface area contributed by atoms with E-state index in [0.29, 0.717) is 11.1 Å². The fourth-order valence-corrected chi connectivity index (χ4v) is 3.20. The molecule has 2 aromatic rings. The normalized spacial score (nSPS) is 24.2. The molecule has 0 fully saturated rings. The number of aliphatic hydroxyl groups excluding tert-OH is 1. The van der Waals surface area contributed by atoms with Crippen molar-refractivity contribution in [2.75, 3.05) is 0 Å². The van der Waals surface area contributed by atoms with Gasteiger partial charge < -0.3 is 20.1 Å². The first-order valence-corrected chi connectivity index (χ1v) is 7.59. The maximum absolute atomic E-state index is 11.6. The molecule has 3 rings (SSSR count). The van der Waals surface area contributed by atoms with E-state index < -0.39 is 23.7 Å². The van der Waals surface area contributed by atoms with Crippen LogP contribution in [0.15, 0.2) is 48.8 Å². The smallest absolute Gasteiger partial charge is 0.201 e. The summed E-state index contributed by atoms with van der Waals surface area (Å²) in [7, 11) is 0. The monoisotopic (exact) mass is 313 g/mol. The molecular weight excluding hydrogens is 294 g/mol. The highest BCUT2D eigenvalue weighted by Gasteiger charge is 2.40. The molecule has 1 aromatic carbocycles. The number of carboxylic acid groups (broad SMARTS) is 1. The highest BCUT2D eigenvalue weighted by atomic mass is 16.4. The Morgan fingerprint density at radius 3 is 2.74 bits per heavy atom. The predicted molar refractivity (Wildman–Crippen MR) is 80.0 cm³/mol. The van der Waals surface area contributed by atoms with Crippen molar-refractivity contribution in [3.8, 4) is 0 Å². The van der Waals surface area contributed by atoms with Crippen LogP contribution in [0, 0.1) is 0 Å². The number of benzene rings is 1. The second-order valence-corrected chi connectivity index (χ2v) is 6.28. The molecule has 3 atom stereocenters. The number of carbonyl (C=O) groups excluding carboxylic acids is 1. The van der Waals surface area contributed by atoms with E-state index in [-0.39, 0.29) is 12.8 Å². The summed E-state index contributed by atoms with van der Waals surface area (Å²) in [5.41, 5.74) is 0.928. The summed E-state index contributed by atoms with van der Waals surface area (Å²) in [6, 6.07) is 10.1. The van der Waals surface area contributed by atoms with E-state index in [4.69, 9.17) is 0 Å². The van der Waals surface area contributed by atoms with Gasteiger partial charge in [0.1, 0.15) is 5.97 Å². The Labute approximate surface area is 134 Å². The number of hydrogen-bond acceptors (Lipinski definition) is 4. The first-order chi connectivity index (χ1) is 10.9. The SMILES string of the molecule is C[C@]1(O)C[C@@H](O)c2cc[n+]([C@H](Cc3ccccc3)C(=O)[O-])cc21. The number of fused-ring (bicyclic) bond motifs is 1. The van der Waals surface area contributed by atoms with E-state index in [2.05, 4.69) is 0 Å². The van der Waals surface area contributed by atoms with Gasteiger partial charge in [-0.05, 0) is 18.1 Å². The third-order valence-electron chi connectivity index (χ3n) is 4.45. The van der Waals surface area contributed by atoms with Crippen LogP contribution in [0.25, 0.3) is 0 Å². The molecule has 0 saturated heterocycles. The Kier molecular flexibility index (Phi) is 3.92. The molecule has 5 heteroatoms. The van der Waals surface area contributed by atoms with Gasteiger partial charge in [-0.1, -0.05) is 30.3 Å². The minimum Gasteiger partial charge on any atom is -0.543 e. The number of carboxylic acids is 1. The highest BCUT2D eigenvalue weighted by molar-refractivity contribution is 5.68. The number of rotatable bonds is 4. The molecule has 23 heavy (non-hydrogen) atoms. The van der Waals surface area contributed by atoms with Crippen LogP contribution in [0.3, 0.4) is 0 Å². The molecule has 1 aliphatic carbocycles. The number of aliphatic hydroxyl groups is 2. The molecule has 2 N–H and O–H groups in total. The molecule has 0 unspecified atom stereocenters. The zero-order chi connectivity index (χ0) is 16.6. The quantitative estimate of drug-likeness (QED) is 0.787. The average Bonchev–Trinajstić information content (AvgIpc) is 2.75. The second kappa shape index (κ2) is 5.76. The Morgan fingerprint density at radius 2 is 2.09 bits per heavy atom. The number of pyridine rings is 1. The van der Waals surface area contributed by atoms with Crippen molar-refractivity contribution < 1.29 is 24.7 Å². The molecule has 1 aliphatic rings. The van der Waals surface area contributed by atoms with Crippen molar-refractivity contribution in [1.29, 1.82) is 0 Å². The molecule has 0 saturated carbocycles. The van der Waals surface area contributed by atoms with Crippen molar-refractivity contribution in [2.45, 2.75) is 37.5 Å². The number of aliphatic carboxylic acids is 1. The Bertz CT molecular complexity index is 727.